The molecule has 2 N–H and O–H groups in total. The van der Waals surface area contributed by atoms with Gasteiger partial charge in [-0.05, 0) is 42.8 Å². The molecule has 1 atom stereocenters. The summed E-state index contributed by atoms with van der Waals surface area (Å²) in [6, 6.07) is 18.5. The van der Waals surface area contributed by atoms with Gasteiger partial charge in [0.15, 0.2) is 5.54 Å². The van der Waals surface area contributed by atoms with Crippen LogP contribution in [0, 0.1) is 6.92 Å². The van der Waals surface area contributed by atoms with Crippen molar-refractivity contribution >= 4 is 40.8 Å². The molecule has 0 aromatic heterocycles. The largest absolute Gasteiger partial charge is 0.364 e. The predicted molar refractivity (Wildman–Crippen MR) is 112 cm³/mol. The van der Waals surface area contributed by atoms with Crippen LogP contribution in [0.15, 0.2) is 66.7 Å². The molecular formula is C22H16Cl2N2O3. The van der Waals surface area contributed by atoms with Gasteiger partial charge in [-0.2, -0.15) is 0 Å². The molecule has 1 aliphatic rings. The third kappa shape index (κ3) is 3.08. The second kappa shape index (κ2) is 7.19. The number of nitrogens with zero attached hydrogens (tertiary/aromatic N) is 1. The first-order valence-corrected chi connectivity index (χ1v) is 9.56. The van der Waals surface area contributed by atoms with E-state index in [9.17, 15) is 9.59 Å². The minimum Gasteiger partial charge on any atom is -0.328 e. The number of benzene rings is 3. The molecule has 1 unspecified atom stereocenters. The first-order chi connectivity index (χ1) is 13.8. The van der Waals surface area contributed by atoms with Gasteiger partial charge >= 0.3 is 5.97 Å². The van der Waals surface area contributed by atoms with Crippen LogP contribution in [-0.2, 0) is 15.2 Å². The molecule has 7 heteroatoms. The van der Waals surface area contributed by atoms with Crippen molar-refractivity contribution in [3.8, 4) is 0 Å². The molecule has 1 amide bonds. The number of aryl methyl sites for hydroxylation is 1. The van der Waals surface area contributed by atoms with E-state index in [4.69, 9.17) is 33.8 Å². The van der Waals surface area contributed by atoms with Crippen molar-refractivity contribution in [2.45, 2.75) is 12.5 Å². The van der Waals surface area contributed by atoms with E-state index < -0.39 is 17.4 Å². The summed E-state index contributed by atoms with van der Waals surface area (Å²) in [7, 11) is 0. The van der Waals surface area contributed by atoms with Gasteiger partial charge < -0.3 is 10.6 Å². The first kappa shape index (κ1) is 19.5. The van der Waals surface area contributed by atoms with Crippen molar-refractivity contribution in [2.24, 2.45) is 5.73 Å². The highest BCUT2D eigenvalue weighted by molar-refractivity contribution is 6.32. The molecule has 146 valence electrons. The fourth-order valence-electron chi connectivity index (χ4n) is 3.45. The summed E-state index contributed by atoms with van der Waals surface area (Å²) in [6.45, 7) is 1.78. The molecule has 3 aromatic rings. The molecule has 0 spiro atoms. The normalized spacial score (nSPS) is 17.9. The maximum atomic E-state index is 13.4. The van der Waals surface area contributed by atoms with Crippen LogP contribution in [0.5, 0.6) is 0 Å². The van der Waals surface area contributed by atoms with Gasteiger partial charge in [-0.1, -0.05) is 59.6 Å². The Labute approximate surface area is 177 Å². The van der Waals surface area contributed by atoms with Crippen molar-refractivity contribution in [1.29, 1.82) is 0 Å². The lowest BCUT2D eigenvalue weighted by molar-refractivity contribution is -0.127. The molecule has 0 bridgehead atoms. The summed E-state index contributed by atoms with van der Waals surface area (Å²) >= 11 is 12.5. The van der Waals surface area contributed by atoms with E-state index in [1.54, 1.807) is 67.6 Å². The Morgan fingerprint density at radius 2 is 1.69 bits per heavy atom. The Bertz CT molecular complexity index is 1150. The number of hydroxylamine groups is 1. The van der Waals surface area contributed by atoms with Crippen molar-refractivity contribution in [3.63, 3.8) is 0 Å². The van der Waals surface area contributed by atoms with E-state index in [-0.39, 0.29) is 0 Å². The Morgan fingerprint density at radius 1 is 1.00 bits per heavy atom. The number of carbonyl (C=O) groups excluding carboxylic acids is 2. The Balaban J connectivity index is 1.82. The average molecular weight is 427 g/mol. The Kier molecular flexibility index (Phi) is 4.82. The van der Waals surface area contributed by atoms with Crippen molar-refractivity contribution in [2.75, 3.05) is 5.06 Å². The second-order valence-corrected chi connectivity index (χ2v) is 7.59. The Morgan fingerprint density at radius 3 is 2.41 bits per heavy atom. The van der Waals surface area contributed by atoms with Crippen molar-refractivity contribution in [3.05, 3.63) is 99.0 Å². The predicted octanol–water partition coefficient (Wildman–Crippen LogP) is 4.62. The molecule has 5 nitrogen and oxygen atoms in total. The molecule has 1 heterocycles. The zero-order valence-electron chi connectivity index (χ0n) is 15.4. The third-order valence-electron chi connectivity index (χ3n) is 4.96. The monoisotopic (exact) mass is 426 g/mol. The van der Waals surface area contributed by atoms with E-state index in [1.807, 2.05) is 6.07 Å². The van der Waals surface area contributed by atoms with Crippen LogP contribution in [-0.4, -0.2) is 11.9 Å². The van der Waals surface area contributed by atoms with Crippen LogP contribution >= 0.6 is 23.2 Å². The number of hydrogen-bond donors (Lipinski definition) is 1. The number of hydrogen-bond acceptors (Lipinski definition) is 4. The van der Waals surface area contributed by atoms with Gasteiger partial charge in [-0.25, -0.2) is 4.79 Å². The number of amides is 1. The highest BCUT2D eigenvalue weighted by Gasteiger charge is 2.52. The number of anilines is 1. The van der Waals surface area contributed by atoms with E-state index in [0.29, 0.717) is 32.4 Å². The lowest BCUT2D eigenvalue weighted by Crippen LogP contribution is -2.48. The zero-order chi connectivity index (χ0) is 20.8. The molecule has 0 saturated heterocycles. The lowest BCUT2D eigenvalue weighted by atomic mass is 9.85. The van der Waals surface area contributed by atoms with Crippen molar-refractivity contribution in [1.82, 2.24) is 0 Å². The molecule has 4 rings (SSSR count). The molecule has 0 radical (unpaired) electrons. The number of fused-ring (bicyclic) bond motifs is 1. The summed E-state index contributed by atoms with van der Waals surface area (Å²) < 4.78 is 0. The maximum absolute atomic E-state index is 13.4. The lowest BCUT2D eigenvalue weighted by Gasteiger charge is -2.25. The summed E-state index contributed by atoms with van der Waals surface area (Å²) in [5, 5.41) is 1.64. The van der Waals surface area contributed by atoms with Crippen LogP contribution in [0.2, 0.25) is 10.0 Å². The SMILES string of the molecule is Cc1ccccc1C(=O)ON1C(=O)C(N)(c2ccccc2Cl)c2cc(Cl)ccc21. The molecule has 1 aliphatic heterocycles. The highest BCUT2D eigenvalue weighted by atomic mass is 35.5. The number of nitrogens with two attached hydrogens (primary N) is 1. The van der Waals surface area contributed by atoms with E-state index >= 15 is 0 Å². The first-order valence-electron chi connectivity index (χ1n) is 8.80. The minimum absolute atomic E-state index is 0.321. The quantitative estimate of drug-likeness (QED) is 0.662. The van der Waals surface area contributed by atoms with Gasteiger partial charge in [0.25, 0.3) is 5.91 Å². The number of halogens is 2. The van der Waals surface area contributed by atoms with Gasteiger partial charge in [-0.3, -0.25) is 4.79 Å². The van der Waals surface area contributed by atoms with Crippen LogP contribution < -0.4 is 10.8 Å². The third-order valence-corrected chi connectivity index (χ3v) is 5.53. The van der Waals surface area contributed by atoms with Crippen LogP contribution in [0.1, 0.15) is 27.0 Å². The zero-order valence-corrected chi connectivity index (χ0v) is 16.9. The van der Waals surface area contributed by atoms with Crippen molar-refractivity contribution < 1.29 is 14.4 Å². The number of carbonyl (C=O) groups is 2. The summed E-state index contributed by atoms with van der Waals surface area (Å²) in [4.78, 5) is 31.7. The molecule has 29 heavy (non-hydrogen) atoms. The average Bonchev–Trinajstić information content (AvgIpc) is 2.91. The maximum Gasteiger partial charge on any atom is 0.364 e. The van der Waals surface area contributed by atoms with Gasteiger partial charge in [0.1, 0.15) is 0 Å². The highest BCUT2D eigenvalue weighted by Crippen LogP contribution is 2.45. The van der Waals surface area contributed by atoms with E-state index in [2.05, 4.69) is 0 Å². The fourth-order valence-corrected chi connectivity index (χ4v) is 3.91. The summed E-state index contributed by atoms with van der Waals surface area (Å²) in [5.74, 6) is -1.30. The minimum atomic E-state index is -1.65. The summed E-state index contributed by atoms with van der Waals surface area (Å²) in [6.07, 6.45) is 0. The van der Waals surface area contributed by atoms with Crippen LogP contribution in [0.4, 0.5) is 5.69 Å². The number of rotatable bonds is 3. The second-order valence-electron chi connectivity index (χ2n) is 6.74. The van der Waals surface area contributed by atoms with Gasteiger partial charge in [0.05, 0.1) is 11.3 Å². The van der Waals surface area contributed by atoms with Crippen LogP contribution in [0.3, 0.4) is 0 Å². The van der Waals surface area contributed by atoms with E-state index in [1.165, 1.54) is 0 Å². The molecule has 0 aliphatic carbocycles. The van der Waals surface area contributed by atoms with Gasteiger partial charge in [0.2, 0.25) is 0 Å². The molecule has 3 aromatic carbocycles. The van der Waals surface area contributed by atoms with Crippen LogP contribution in [0.25, 0.3) is 0 Å². The van der Waals surface area contributed by atoms with Gasteiger partial charge in [-0.15, -0.1) is 5.06 Å². The molecule has 0 fully saturated rings. The van der Waals surface area contributed by atoms with E-state index in [0.717, 1.165) is 10.6 Å². The molecule has 0 saturated carbocycles. The summed E-state index contributed by atoms with van der Waals surface area (Å²) in [5.41, 5.74) is 7.18. The Hall–Kier alpha value is -2.86. The standard InChI is InChI=1S/C22H16Cl2N2O3/c1-13-6-2-3-7-15(13)20(27)29-26-19-11-10-14(23)12-17(19)22(25,21(26)28)16-8-4-5-9-18(16)24/h2-12H,25H2,1H3. The fraction of sp³-hybridized carbons (Fsp3) is 0.0909. The molecular weight excluding hydrogens is 411 g/mol. The topological polar surface area (TPSA) is 72.6 Å². The smallest absolute Gasteiger partial charge is 0.328 e. The van der Waals surface area contributed by atoms with Gasteiger partial charge in [0, 0.05) is 21.2 Å².